The van der Waals surface area contributed by atoms with Crippen LogP contribution < -0.4 is 37.5 Å². The fraction of sp³-hybridized carbons (Fsp3) is 0.703. The number of nitrogens with one attached hydrogen (secondary N) is 4. The van der Waals surface area contributed by atoms with Gasteiger partial charge in [0.15, 0.2) is 0 Å². The van der Waals surface area contributed by atoms with E-state index in [1.807, 2.05) is 0 Å². The van der Waals surface area contributed by atoms with Gasteiger partial charge in [0.2, 0.25) is 58.5 Å². The Morgan fingerprint density at radius 1 is 0.483 bits per heavy atom. The second-order valence-corrected chi connectivity index (χ2v) is 12.8. The third-order valence-corrected chi connectivity index (χ3v) is 8.01. The van der Waals surface area contributed by atoms with Crippen LogP contribution in [0, 0.1) is 29.1 Å². The molecule has 58 heavy (non-hydrogen) atoms. The lowest BCUT2D eigenvalue weighted by Gasteiger charge is -2.19. The fourth-order valence-electron chi connectivity index (χ4n) is 4.88. The van der Waals surface area contributed by atoms with Crippen LogP contribution in [0.15, 0.2) is 0 Å². The van der Waals surface area contributed by atoms with Crippen molar-refractivity contribution in [3.63, 3.8) is 0 Å². The summed E-state index contributed by atoms with van der Waals surface area (Å²) in [5.74, 6) is -15.2. The standard InChI is InChI=1S/C37H59F5N6O10/c38-31-32(39)34(41)36(35(42)33(31)40)58-30(52)12-18-54-20-22-56-24-25-57-23-21-55-19-17-47-37(53)26(8-3-6-15-45-27(49)9-1-4-13-43)48-29(51)11-7-16-46-28(50)10-2-5-14-44/h26H,1-25,43-44H2,(H,45,49)(H,46,50)(H,47,53)(H,48,51). The molecule has 0 bridgehead atoms. The first-order valence-corrected chi connectivity index (χ1v) is 19.5. The van der Waals surface area contributed by atoms with Gasteiger partial charge < -0.3 is 56.4 Å². The fourth-order valence-corrected chi connectivity index (χ4v) is 4.88. The van der Waals surface area contributed by atoms with Crippen molar-refractivity contribution in [2.45, 2.75) is 83.1 Å². The SMILES string of the molecule is NCCCCC(=O)NCCCCC(NC(=O)CCCNC(=O)CCCCN)C(=O)NCCOCCOCCOCCOCCC(=O)Oc1c(F)c(F)c(F)c(F)c1F. The molecule has 0 aliphatic carbocycles. The molecule has 0 spiro atoms. The number of nitrogens with two attached hydrogens (primary N) is 2. The predicted octanol–water partition coefficient (Wildman–Crippen LogP) is 1.79. The molecule has 0 saturated heterocycles. The van der Waals surface area contributed by atoms with Crippen molar-refractivity contribution in [1.29, 1.82) is 0 Å². The van der Waals surface area contributed by atoms with Crippen LogP contribution in [0.4, 0.5) is 22.0 Å². The summed E-state index contributed by atoms with van der Waals surface area (Å²) in [6.07, 6.45) is 5.25. The molecule has 1 rings (SSSR count). The highest BCUT2D eigenvalue weighted by Gasteiger charge is 2.28. The average molecular weight is 843 g/mol. The van der Waals surface area contributed by atoms with Crippen LogP contribution in [-0.4, -0.2) is 121 Å². The number of halogens is 5. The number of unbranched alkanes of at least 4 members (excludes halogenated alkanes) is 3. The minimum atomic E-state index is -2.37. The Morgan fingerprint density at radius 3 is 1.48 bits per heavy atom. The van der Waals surface area contributed by atoms with E-state index < -0.39 is 53.3 Å². The number of rotatable bonds is 35. The van der Waals surface area contributed by atoms with E-state index in [2.05, 4.69) is 26.0 Å². The first kappa shape index (κ1) is 52.0. The summed E-state index contributed by atoms with van der Waals surface area (Å²) in [4.78, 5) is 61.1. The molecule has 1 unspecified atom stereocenters. The minimum absolute atomic E-state index is 0.0271. The number of hydrogen-bond donors (Lipinski definition) is 6. The molecule has 0 aliphatic rings. The molecule has 0 fully saturated rings. The van der Waals surface area contributed by atoms with E-state index in [0.29, 0.717) is 77.5 Å². The lowest BCUT2D eigenvalue weighted by atomic mass is 10.1. The van der Waals surface area contributed by atoms with Crippen molar-refractivity contribution in [1.82, 2.24) is 21.3 Å². The normalized spacial score (nSPS) is 11.6. The largest absolute Gasteiger partial charge is 0.420 e. The molecule has 0 radical (unpaired) electrons. The topological polar surface area (TPSA) is 232 Å². The number of esters is 1. The summed E-state index contributed by atoms with van der Waals surface area (Å²) in [6.45, 7) is 2.91. The van der Waals surface area contributed by atoms with Crippen molar-refractivity contribution in [2.24, 2.45) is 11.5 Å². The summed E-state index contributed by atoms with van der Waals surface area (Å²) < 4.78 is 92.3. The van der Waals surface area contributed by atoms with Gasteiger partial charge in [-0.3, -0.25) is 24.0 Å². The highest BCUT2D eigenvalue weighted by atomic mass is 19.2. The number of carbonyl (C=O) groups excluding carboxylic acids is 5. The third-order valence-electron chi connectivity index (χ3n) is 8.01. The molecule has 1 atom stereocenters. The summed E-state index contributed by atoms with van der Waals surface area (Å²) in [5.41, 5.74) is 10.9. The third kappa shape index (κ3) is 24.0. The Morgan fingerprint density at radius 2 is 0.948 bits per heavy atom. The van der Waals surface area contributed by atoms with Crippen LogP contribution in [0.1, 0.15) is 77.0 Å². The van der Waals surface area contributed by atoms with Crippen molar-refractivity contribution >= 4 is 29.6 Å². The Hall–Kier alpha value is -4.02. The maximum absolute atomic E-state index is 13.6. The Balaban J connectivity index is 2.23. The summed E-state index contributed by atoms with van der Waals surface area (Å²) in [5, 5.41) is 11.1. The highest BCUT2D eigenvalue weighted by Crippen LogP contribution is 2.29. The van der Waals surface area contributed by atoms with Gasteiger partial charge in [0.25, 0.3) is 0 Å². The van der Waals surface area contributed by atoms with Crippen LogP contribution in [0.2, 0.25) is 0 Å². The Labute approximate surface area is 335 Å². The lowest BCUT2D eigenvalue weighted by Crippen LogP contribution is -2.47. The molecule has 1 aromatic rings. The first-order valence-electron chi connectivity index (χ1n) is 19.5. The van der Waals surface area contributed by atoms with Gasteiger partial charge in [0.05, 0.1) is 59.3 Å². The van der Waals surface area contributed by atoms with Crippen LogP contribution in [-0.2, 0) is 42.9 Å². The van der Waals surface area contributed by atoms with Gasteiger partial charge in [-0.2, -0.15) is 8.78 Å². The van der Waals surface area contributed by atoms with Crippen LogP contribution >= 0.6 is 0 Å². The predicted molar refractivity (Wildman–Crippen MR) is 200 cm³/mol. The maximum atomic E-state index is 13.6. The van der Waals surface area contributed by atoms with Gasteiger partial charge in [-0.15, -0.1) is 0 Å². The van der Waals surface area contributed by atoms with Gasteiger partial charge in [0, 0.05) is 38.9 Å². The van der Waals surface area contributed by atoms with E-state index in [4.69, 9.17) is 30.4 Å². The van der Waals surface area contributed by atoms with Crippen molar-refractivity contribution in [2.75, 3.05) is 85.6 Å². The molecular weight excluding hydrogens is 783 g/mol. The van der Waals surface area contributed by atoms with Crippen molar-refractivity contribution in [3.8, 4) is 5.75 Å². The summed E-state index contributed by atoms with van der Waals surface area (Å²) in [7, 11) is 0. The van der Waals surface area contributed by atoms with E-state index in [1.54, 1.807) is 0 Å². The number of ether oxygens (including phenoxy) is 5. The van der Waals surface area contributed by atoms with Crippen molar-refractivity contribution in [3.05, 3.63) is 29.1 Å². The molecule has 332 valence electrons. The van der Waals surface area contributed by atoms with E-state index in [-0.39, 0.29) is 89.4 Å². The molecule has 0 aliphatic heterocycles. The molecule has 1 aromatic carbocycles. The van der Waals surface area contributed by atoms with Gasteiger partial charge in [-0.1, -0.05) is 0 Å². The smallest absolute Gasteiger partial charge is 0.313 e. The first-order chi connectivity index (χ1) is 27.9. The van der Waals surface area contributed by atoms with Crippen molar-refractivity contribution < 1.29 is 69.6 Å². The molecule has 0 heterocycles. The number of benzene rings is 1. The minimum Gasteiger partial charge on any atom is -0.420 e. The number of carbonyl (C=O) groups is 5. The van der Waals surface area contributed by atoms with Crippen LogP contribution in [0.25, 0.3) is 0 Å². The zero-order valence-electron chi connectivity index (χ0n) is 32.9. The summed E-state index contributed by atoms with van der Waals surface area (Å²) in [6, 6.07) is -0.798. The molecular formula is C37H59F5N6O10. The monoisotopic (exact) mass is 842 g/mol. The Bertz CT molecular complexity index is 1360. The van der Waals surface area contributed by atoms with Gasteiger partial charge in [-0.05, 0) is 64.5 Å². The van der Waals surface area contributed by atoms with E-state index in [1.165, 1.54) is 0 Å². The van der Waals surface area contributed by atoms with Gasteiger partial charge in [-0.25, -0.2) is 13.2 Å². The lowest BCUT2D eigenvalue weighted by molar-refractivity contribution is -0.136. The van der Waals surface area contributed by atoms with E-state index in [0.717, 1.165) is 12.8 Å². The second-order valence-electron chi connectivity index (χ2n) is 12.8. The zero-order valence-corrected chi connectivity index (χ0v) is 32.9. The van der Waals surface area contributed by atoms with E-state index in [9.17, 15) is 45.9 Å². The molecule has 0 saturated carbocycles. The molecule has 21 heteroatoms. The van der Waals surface area contributed by atoms with Crippen LogP contribution in [0.3, 0.4) is 0 Å². The van der Waals surface area contributed by atoms with E-state index >= 15 is 0 Å². The number of hydrogen-bond acceptors (Lipinski definition) is 12. The van der Waals surface area contributed by atoms with Gasteiger partial charge in [0.1, 0.15) is 6.04 Å². The molecule has 16 nitrogen and oxygen atoms in total. The quantitative estimate of drug-likeness (QED) is 0.0144. The second kappa shape index (κ2) is 32.9. The summed E-state index contributed by atoms with van der Waals surface area (Å²) >= 11 is 0. The zero-order chi connectivity index (χ0) is 43.0. The number of amides is 4. The average Bonchev–Trinajstić information content (AvgIpc) is 3.20. The highest BCUT2D eigenvalue weighted by molar-refractivity contribution is 5.87. The molecule has 4 amide bonds. The maximum Gasteiger partial charge on any atom is 0.313 e. The molecule has 0 aromatic heterocycles. The van der Waals surface area contributed by atoms with Gasteiger partial charge >= 0.3 is 5.97 Å². The molecule has 8 N–H and O–H groups in total. The van der Waals surface area contributed by atoms with Crippen LogP contribution in [0.5, 0.6) is 5.75 Å². The Kier molecular flexibility index (Phi) is 29.5.